The van der Waals surface area contributed by atoms with Gasteiger partial charge < -0.3 is 9.84 Å². The molecule has 2 rings (SSSR count). The molecule has 1 aliphatic carbocycles. The number of hydrogen-bond donors (Lipinski definition) is 1. The van der Waals surface area contributed by atoms with E-state index in [-0.39, 0.29) is 12.2 Å². The van der Waals surface area contributed by atoms with Gasteiger partial charge in [-0.2, -0.15) is 0 Å². The molecule has 1 fully saturated rings. The molecule has 2 atom stereocenters. The topological polar surface area (TPSA) is 32.8 Å². The lowest BCUT2D eigenvalue weighted by molar-refractivity contribution is 0.323. The van der Waals surface area contributed by atoms with Crippen molar-refractivity contribution in [3.05, 3.63) is 22.4 Å². The Balaban J connectivity index is 2.33. The van der Waals surface area contributed by atoms with E-state index < -0.39 is 0 Å². The van der Waals surface area contributed by atoms with Gasteiger partial charge in [0, 0.05) is 4.48 Å². The van der Waals surface area contributed by atoms with E-state index in [4.69, 9.17) is 9.84 Å². The highest BCUT2D eigenvalue weighted by Crippen LogP contribution is 2.39. The van der Waals surface area contributed by atoms with Crippen LogP contribution in [-0.4, -0.2) is 17.3 Å². The van der Waals surface area contributed by atoms with Crippen molar-refractivity contribution in [2.45, 2.75) is 12.2 Å². The maximum absolute atomic E-state index is 9.01. The van der Waals surface area contributed by atoms with Crippen LogP contribution < -0.4 is 0 Å². The zero-order valence-electron chi connectivity index (χ0n) is 4.54. The maximum atomic E-state index is 9.01. The summed E-state index contributed by atoms with van der Waals surface area (Å²) in [6.07, 6.45) is 3.52. The van der Waals surface area contributed by atoms with Crippen molar-refractivity contribution < 1.29 is 9.84 Å². The van der Waals surface area contributed by atoms with Crippen molar-refractivity contribution in [2.75, 3.05) is 0 Å². The molecule has 0 bridgehead atoms. The minimum absolute atomic E-state index is 0.0515. The molecule has 0 amide bonds. The highest BCUT2D eigenvalue weighted by Gasteiger charge is 2.45. The number of aliphatic hydroxyl groups excluding tert-OH is 1. The molecule has 0 aromatic rings. The third kappa shape index (κ3) is 0.721. The molecule has 0 aromatic carbocycles. The molecule has 0 aromatic heterocycles. The average molecular weight is 189 g/mol. The minimum Gasteiger partial charge on any atom is -0.509 e. The van der Waals surface area contributed by atoms with Gasteiger partial charge in [0.25, 0.3) is 0 Å². The zero-order chi connectivity index (χ0) is 6.43. The van der Waals surface area contributed by atoms with Crippen LogP contribution in [0.15, 0.2) is 22.4 Å². The molecule has 0 saturated carbocycles. The highest BCUT2D eigenvalue weighted by atomic mass is 79.9. The summed E-state index contributed by atoms with van der Waals surface area (Å²) in [7, 11) is 0. The van der Waals surface area contributed by atoms with E-state index in [2.05, 4.69) is 15.9 Å². The Labute approximate surface area is 60.9 Å². The predicted octanol–water partition coefficient (Wildman–Crippen LogP) is 1.49. The van der Waals surface area contributed by atoms with Gasteiger partial charge in [-0.3, -0.25) is 0 Å². The largest absolute Gasteiger partial charge is 0.509 e. The van der Waals surface area contributed by atoms with Crippen molar-refractivity contribution in [1.29, 1.82) is 0 Å². The van der Waals surface area contributed by atoms with Crippen molar-refractivity contribution in [2.24, 2.45) is 0 Å². The number of halogens is 1. The van der Waals surface area contributed by atoms with Gasteiger partial charge in [-0.05, 0) is 12.2 Å². The van der Waals surface area contributed by atoms with Gasteiger partial charge in [-0.25, -0.2) is 0 Å². The van der Waals surface area contributed by atoms with E-state index in [1.165, 1.54) is 0 Å². The summed E-state index contributed by atoms with van der Waals surface area (Å²) < 4.78 is 6.09. The Morgan fingerprint density at radius 1 is 1.44 bits per heavy atom. The standard InChI is InChI=1S/C6H5BrO2/c7-3-1-2-4(8)6-5(3)9-6/h1-2,5-6,8H. The molecule has 1 saturated heterocycles. The van der Waals surface area contributed by atoms with E-state index in [0.29, 0.717) is 5.76 Å². The van der Waals surface area contributed by atoms with E-state index >= 15 is 0 Å². The van der Waals surface area contributed by atoms with Gasteiger partial charge in [0.15, 0.2) is 0 Å². The van der Waals surface area contributed by atoms with Crippen molar-refractivity contribution in [3.63, 3.8) is 0 Å². The number of ether oxygens (including phenoxy) is 1. The van der Waals surface area contributed by atoms with E-state index in [1.54, 1.807) is 6.08 Å². The Morgan fingerprint density at radius 3 is 2.89 bits per heavy atom. The number of epoxide rings is 1. The lowest BCUT2D eigenvalue weighted by atomic mass is 10.2. The molecule has 9 heavy (non-hydrogen) atoms. The second kappa shape index (κ2) is 1.61. The molecule has 48 valence electrons. The molecule has 3 heteroatoms. The highest BCUT2D eigenvalue weighted by molar-refractivity contribution is 9.11. The first-order chi connectivity index (χ1) is 4.29. The van der Waals surface area contributed by atoms with Crippen LogP contribution in [0, 0.1) is 0 Å². The maximum Gasteiger partial charge on any atom is 0.146 e. The van der Waals surface area contributed by atoms with Gasteiger partial charge >= 0.3 is 0 Å². The number of rotatable bonds is 0. The summed E-state index contributed by atoms with van der Waals surface area (Å²) in [6.45, 7) is 0. The third-order valence-corrected chi connectivity index (χ3v) is 2.18. The van der Waals surface area contributed by atoms with Crippen LogP contribution >= 0.6 is 15.9 Å². The molecule has 1 aliphatic heterocycles. The van der Waals surface area contributed by atoms with Crippen LogP contribution in [0.1, 0.15) is 0 Å². The Hall–Kier alpha value is -0.280. The second-order valence-corrected chi connectivity index (χ2v) is 3.04. The fourth-order valence-electron chi connectivity index (χ4n) is 0.902. The lowest BCUT2D eigenvalue weighted by Gasteiger charge is -1.97. The van der Waals surface area contributed by atoms with Crippen LogP contribution in [0.4, 0.5) is 0 Å². The fourth-order valence-corrected chi connectivity index (χ4v) is 1.38. The summed E-state index contributed by atoms with van der Waals surface area (Å²) in [5, 5.41) is 9.01. The Bertz CT molecular complexity index is 185. The van der Waals surface area contributed by atoms with Crippen LogP contribution in [0.3, 0.4) is 0 Å². The van der Waals surface area contributed by atoms with E-state index in [0.717, 1.165) is 4.48 Å². The Kier molecular flexibility index (Phi) is 0.983. The van der Waals surface area contributed by atoms with Crippen LogP contribution in [0.25, 0.3) is 0 Å². The summed E-state index contributed by atoms with van der Waals surface area (Å²) in [6, 6.07) is 0. The van der Waals surface area contributed by atoms with E-state index in [1.807, 2.05) is 6.08 Å². The molecule has 0 radical (unpaired) electrons. The van der Waals surface area contributed by atoms with Gasteiger partial charge in [-0.15, -0.1) is 0 Å². The Morgan fingerprint density at radius 2 is 2.22 bits per heavy atom. The number of fused-ring (bicyclic) bond motifs is 1. The fraction of sp³-hybridized carbons (Fsp3) is 0.333. The quantitative estimate of drug-likeness (QED) is 0.585. The number of hydrogen-bond acceptors (Lipinski definition) is 2. The van der Waals surface area contributed by atoms with Crippen LogP contribution in [0.5, 0.6) is 0 Å². The number of allylic oxidation sites excluding steroid dienone is 2. The summed E-state index contributed by atoms with van der Waals surface area (Å²) in [5.74, 6) is 0.336. The minimum atomic E-state index is -0.0515. The first-order valence-electron chi connectivity index (χ1n) is 2.71. The first kappa shape index (κ1) is 5.50. The second-order valence-electron chi connectivity index (χ2n) is 2.12. The molecule has 1 heterocycles. The smallest absolute Gasteiger partial charge is 0.146 e. The van der Waals surface area contributed by atoms with Gasteiger partial charge in [0.1, 0.15) is 18.0 Å². The monoisotopic (exact) mass is 188 g/mol. The lowest BCUT2D eigenvalue weighted by Crippen LogP contribution is -2.00. The molecule has 2 aliphatic rings. The molecule has 0 spiro atoms. The van der Waals surface area contributed by atoms with Crippen molar-refractivity contribution >= 4 is 15.9 Å². The predicted molar refractivity (Wildman–Crippen MR) is 36.4 cm³/mol. The van der Waals surface area contributed by atoms with Gasteiger partial charge in [-0.1, -0.05) is 15.9 Å². The van der Waals surface area contributed by atoms with Crippen molar-refractivity contribution in [1.82, 2.24) is 0 Å². The molecule has 1 N–H and O–H groups in total. The molecule has 2 unspecified atom stereocenters. The van der Waals surface area contributed by atoms with Crippen LogP contribution in [0.2, 0.25) is 0 Å². The third-order valence-electron chi connectivity index (χ3n) is 1.47. The van der Waals surface area contributed by atoms with Crippen LogP contribution in [-0.2, 0) is 4.74 Å². The van der Waals surface area contributed by atoms with E-state index in [9.17, 15) is 0 Å². The van der Waals surface area contributed by atoms with Gasteiger partial charge in [0.05, 0.1) is 0 Å². The zero-order valence-corrected chi connectivity index (χ0v) is 6.13. The van der Waals surface area contributed by atoms with Crippen molar-refractivity contribution in [3.8, 4) is 0 Å². The normalized spacial score (nSPS) is 38.8. The SMILES string of the molecule is OC1=CC=C(Br)C2OC12. The number of aliphatic hydroxyl groups is 1. The van der Waals surface area contributed by atoms with Gasteiger partial charge in [0.2, 0.25) is 0 Å². The molecule has 2 nitrogen and oxygen atoms in total. The summed E-state index contributed by atoms with van der Waals surface area (Å²) >= 11 is 3.30. The average Bonchev–Trinajstić information content (AvgIpc) is 2.57. The summed E-state index contributed by atoms with van der Waals surface area (Å²) in [4.78, 5) is 0. The first-order valence-corrected chi connectivity index (χ1v) is 3.50. The molecular formula is C6H5BrO2. The summed E-state index contributed by atoms with van der Waals surface area (Å²) in [5.41, 5.74) is 0. The molecular weight excluding hydrogens is 184 g/mol.